The van der Waals surface area contributed by atoms with Crippen LogP contribution in [0.5, 0.6) is 0 Å². The predicted molar refractivity (Wildman–Crippen MR) is 103 cm³/mol. The fraction of sp³-hybridized carbons (Fsp3) is 0.842. The molecule has 3 heterocycles. The fourth-order valence-electron chi connectivity index (χ4n) is 4.92. The van der Waals surface area contributed by atoms with Crippen molar-refractivity contribution < 1.29 is 9.47 Å². The van der Waals surface area contributed by atoms with Gasteiger partial charge >= 0.3 is 0 Å². The van der Waals surface area contributed by atoms with E-state index in [0.717, 1.165) is 56.6 Å². The standard InChI is InChI=1S/C19H32N6O2/c1-5-20-18(23-16-13-8-9-27-17(13)19(16,2)3)21-12-6-7-15-22-14(11-26-4)24-25(15)10-12/h12-13,16-17H,5-11H2,1-4H3,(H2,20,21,23). The van der Waals surface area contributed by atoms with E-state index in [2.05, 4.69) is 41.5 Å². The Labute approximate surface area is 161 Å². The van der Waals surface area contributed by atoms with Crippen LogP contribution in [-0.4, -0.2) is 59.2 Å². The van der Waals surface area contributed by atoms with Gasteiger partial charge in [0.1, 0.15) is 12.4 Å². The number of guanidine groups is 1. The number of aliphatic imine (C=N–C) groups is 1. The first kappa shape index (κ1) is 18.7. The number of hydrogen-bond donors (Lipinski definition) is 2. The molecule has 1 aliphatic carbocycles. The smallest absolute Gasteiger partial charge is 0.191 e. The lowest BCUT2D eigenvalue weighted by atomic mass is 9.57. The van der Waals surface area contributed by atoms with Crippen molar-refractivity contribution in [1.29, 1.82) is 0 Å². The summed E-state index contributed by atoms with van der Waals surface area (Å²) in [5.41, 5.74) is 0.137. The molecule has 1 aromatic rings. The van der Waals surface area contributed by atoms with Crippen LogP contribution in [0.4, 0.5) is 0 Å². The van der Waals surface area contributed by atoms with Gasteiger partial charge in [-0.15, -0.1) is 0 Å². The number of methoxy groups -OCH3 is 1. The summed E-state index contributed by atoms with van der Waals surface area (Å²) in [6.07, 6.45) is 3.46. The van der Waals surface area contributed by atoms with Gasteiger partial charge in [-0.05, 0) is 19.8 Å². The van der Waals surface area contributed by atoms with E-state index in [9.17, 15) is 0 Å². The van der Waals surface area contributed by atoms with Crippen molar-refractivity contribution in [2.75, 3.05) is 20.3 Å². The Kier molecular flexibility index (Phi) is 5.11. The van der Waals surface area contributed by atoms with Crippen LogP contribution >= 0.6 is 0 Å². The minimum absolute atomic E-state index is 0.137. The highest BCUT2D eigenvalue weighted by Crippen LogP contribution is 2.52. The minimum Gasteiger partial charge on any atom is -0.377 e. The van der Waals surface area contributed by atoms with Crippen LogP contribution in [0.25, 0.3) is 0 Å². The number of fused-ring (bicyclic) bond motifs is 2. The molecule has 4 atom stereocenters. The van der Waals surface area contributed by atoms with Crippen molar-refractivity contribution in [3.05, 3.63) is 11.6 Å². The maximum absolute atomic E-state index is 5.92. The van der Waals surface area contributed by atoms with Gasteiger partial charge in [-0.25, -0.2) is 9.67 Å². The Morgan fingerprint density at radius 2 is 2.22 bits per heavy atom. The molecule has 1 saturated heterocycles. The van der Waals surface area contributed by atoms with Gasteiger partial charge in [0.15, 0.2) is 11.8 Å². The van der Waals surface area contributed by atoms with Gasteiger partial charge in [-0.3, -0.25) is 4.99 Å². The fourth-order valence-corrected chi connectivity index (χ4v) is 4.92. The zero-order valence-corrected chi connectivity index (χ0v) is 16.9. The molecule has 8 nitrogen and oxygen atoms in total. The van der Waals surface area contributed by atoms with E-state index < -0.39 is 0 Å². The number of aryl methyl sites for hydroxylation is 1. The van der Waals surface area contributed by atoms with E-state index in [0.29, 0.717) is 30.7 Å². The van der Waals surface area contributed by atoms with E-state index >= 15 is 0 Å². The summed E-state index contributed by atoms with van der Waals surface area (Å²) >= 11 is 0. The zero-order valence-electron chi connectivity index (χ0n) is 16.9. The first-order valence-electron chi connectivity index (χ1n) is 10.1. The van der Waals surface area contributed by atoms with Crippen LogP contribution in [0.15, 0.2) is 4.99 Å². The molecule has 2 N–H and O–H groups in total. The molecule has 1 aromatic heterocycles. The average Bonchev–Trinajstić information content (AvgIpc) is 3.24. The third kappa shape index (κ3) is 3.45. The Morgan fingerprint density at radius 3 is 3.00 bits per heavy atom. The summed E-state index contributed by atoms with van der Waals surface area (Å²) in [6, 6.07) is 0.702. The molecule has 4 unspecified atom stereocenters. The SMILES string of the molecule is CCN=C(NC1CCc2nc(COC)nn2C1)NC1C2CCOC2C1(C)C. The second-order valence-electron chi connectivity index (χ2n) is 8.45. The van der Waals surface area contributed by atoms with Crippen molar-refractivity contribution in [2.24, 2.45) is 16.3 Å². The summed E-state index contributed by atoms with van der Waals surface area (Å²) in [5, 5.41) is 11.9. The van der Waals surface area contributed by atoms with Crippen molar-refractivity contribution in [1.82, 2.24) is 25.4 Å². The van der Waals surface area contributed by atoms with E-state index in [1.54, 1.807) is 7.11 Å². The number of hydrogen-bond acceptors (Lipinski definition) is 5. The zero-order chi connectivity index (χ0) is 19.0. The molecule has 2 fully saturated rings. The van der Waals surface area contributed by atoms with Gasteiger partial charge in [-0.2, -0.15) is 5.10 Å². The maximum Gasteiger partial charge on any atom is 0.191 e. The van der Waals surface area contributed by atoms with Crippen molar-refractivity contribution >= 4 is 5.96 Å². The van der Waals surface area contributed by atoms with Crippen molar-refractivity contribution in [3.63, 3.8) is 0 Å². The van der Waals surface area contributed by atoms with Gasteiger partial charge in [-0.1, -0.05) is 13.8 Å². The second-order valence-corrected chi connectivity index (χ2v) is 8.45. The molecule has 150 valence electrons. The summed E-state index contributed by atoms with van der Waals surface area (Å²) in [6.45, 7) is 9.56. The molecular weight excluding hydrogens is 344 g/mol. The molecule has 8 heteroatoms. The molecule has 0 aromatic carbocycles. The highest BCUT2D eigenvalue weighted by Gasteiger charge is 2.59. The Hall–Kier alpha value is -1.67. The molecule has 3 aliphatic rings. The average molecular weight is 377 g/mol. The Balaban J connectivity index is 1.40. The van der Waals surface area contributed by atoms with Crippen LogP contribution in [0, 0.1) is 11.3 Å². The quantitative estimate of drug-likeness (QED) is 0.591. The van der Waals surface area contributed by atoms with E-state index in [1.807, 2.05) is 4.68 Å². The van der Waals surface area contributed by atoms with Gasteiger partial charge in [0.25, 0.3) is 0 Å². The van der Waals surface area contributed by atoms with Crippen LogP contribution in [0.2, 0.25) is 0 Å². The lowest BCUT2D eigenvalue weighted by Gasteiger charge is -2.55. The molecule has 0 spiro atoms. The van der Waals surface area contributed by atoms with Gasteiger partial charge in [0, 0.05) is 50.1 Å². The normalized spacial score (nSPS) is 31.8. The van der Waals surface area contributed by atoms with Crippen molar-refractivity contribution in [2.45, 2.75) is 71.4 Å². The van der Waals surface area contributed by atoms with E-state index in [1.165, 1.54) is 0 Å². The molecule has 0 amide bonds. The molecule has 4 rings (SSSR count). The van der Waals surface area contributed by atoms with Crippen LogP contribution < -0.4 is 10.6 Å². The number of rotatable bonds is 5. The third-order valence-corrected chi connectivity index (χ3v) is 6.23. The minimum atomic E-state index is 0.137. The number of aromatic nitrogens is 3. The highest BCUT2D eigenvalue weighted by atomic mass is 16.5. The largest absolute Gasteiger partial charge is 0.377 e. The number of nitrogens with zero attached hydrogens (tertiary/aromatic N) is 4. The van der Waals surface area contributed by atoms with Crippen LogP contribution in [0.3, 0.4) is 0 Å². The first-order chi connectivity index (χ1) is 13.0. The van der Waals surface area contributed by atoms with Gasteiger partial charge < -0.3 is 20.1 Å². The van der Waals surface area contributed by atoms with E-state index in [4.69, 9.17) is 14.5 Å². The van der Waals surface area contributed by atoms with E-state index in [-0.39, 0.29) is 5.41 Å². The number of ether oxygens (including phenoxy) is 2. The molecule has 0 bridgehead atoms. The second kappa shape index (κ2) is 7.39. The van der Waals surface area contributed by atoms with Crippen molar-refractivity contribution in [3.8, 4) is 0 Å². The van der Waals surface area contributed by atoms with Crippen LogP contribution in [-0.2, 0) is 29.0 Å². The molecule has 27 heavy (non-hydrogen) atoms. The summed E-state index contributed by atoms with van der Waals surface area (Å²) in [7, 11) is 1.67. The van der Waals surface area contributed by atoms with Gasteiger partial charge in [0.2, 0.25) is 0 Å². The maximum atomic E-state index is 5.92. The highest BCUT2D eigenvalue weighted by molar-refractivity contribution is 5.80. The van der Waals surface area contributed by atoms with Crippen LogP contribution in [0.1, 0.15) is 45.3 Å². The summed E-state index contributed by atoms with van der Waals surface area (Å²) < 4.78 is 13.1. The topological polar surface area (TPSA) is 85.6 Å². The lowest BCUT2D eigenvalue weighted by molar-refractivity contribution is -0.106. The monoisotopic (exact) mass is 376 g/mol. The molecule has 2 aliphatic heterocycles. The molecule has 1 saturated carbocycles. The lowest BCUT2D eigenvalue weighted by Crippen LogP contribution is -2.68. The summed E-state index contributed by atoms with van der Waals surface area (Å²) in [5.74, 6) is 3.31. The Morgan fingerprint density at radius 1 is 1.37 bits per heavy atom. The van der Waals surface area contributed by atoms with Gasteiger partial charge in [0.05, 0.1) is 12.6 Å². The number of nitrogens with one attached hydrogen (secondary N) is 2. The Bertz CT molecular complexity index is 700. The molecule has 0 radical (unpaired) electrons. The predicted octanol–water partition coefficient (Wildman–Crippen LogP) is 1.11. The first-order valence-corrected chi connectivity index (χ1v) is 10.1. The third-order valence-electron chi connectivity index (χ3n) is 6.23. The summed E-state index contributed by atoms with van der Waals surface area (Å²) in [4.78, 5) is 9.25. The molecular formula is C19H32N6O2.